The van der Waals surface area contributed by atoms with E-state index in [9.17, 15) is 0 Å². The highest BCUT2D eigenvalue weighted by Crippen LogP contribution is 2.17. The Bertz CT molecular complexity index is 444. The highest BCUT2D eigenvalue weighted by molar-refractivity contribution is 5.55. The largest absolute Gasteiger partial charge is 0.365 e. The van der Waals surface area contributed by atoms with Crippen LogP contribution in [0.2, 0.25) is 0 Å². The summed E-state index contributed by atoms with van der Waals surface area (Å²) in [7, 11) is 0. The van der Waals surface area contributed by atoms with E-state index in [-0.39, 0.29) is 0 Å². The average Bonchev–Trinajstić information content (AvgIpc) is 2.82. The molecule has 1 unspecified atom stereocenters. The van der Waals surface area contributed by atoms with Gasteiger partial charge < -0.3 is 10.2 Å². The number of anilines is 1. The third-order valence-electron chi connectivity index (χ3n) is 3.38. The Balaban J connectivity index is 2.00. The monoisotopic (exact) mass is 244 g/mol. The maximum absolute atomic E-state index is 9.16. The number of nitrogens with one attached hydrogen (secondary N) is 1. The second kappa shape index (κ2) is 5.83. The Hall–Kier alpha value is -1.60. The fourth-order valence-electron chi connectivity index (χ4n) is 2.44. The summed E-state index contributed by atoms with van der Waals surface area (Å²) in [4.78, 5) is 6.73. The predicted molar refractivity (Wildman–Crippen MR) is 72.4 cm³/mol. The molecule has 0 saturated carbocycles. The third kappa shape index (κ3) is 2.99. The SMILES string of the molecule is Cc1ccnc(NC(C)CN2CCCC2)c1C#N. The first-order valence-corrected chi connectivity index (χ1v) is 6.55. The summed E-state index contributed by atoms with van der Waals surface area (Å²) in [5.41, 5.74) is 1.63. The van der Waals surface area contributed by atoms with E-state index in [2.05, 4.69) is 28.2 Å². The van der Waals surface area contributed by atoms with E-state index in [1.165, 1.54) is 25.9 Å². The Kier molecular flexibility index (Phi) is 4.16. The molecule has 0 spiro atoms. The van der Waals surface area contributed by atoms with Crippen molar-refractivity contribution in [2.45, 2.75) is 32.7 Å². The van der Waals surface area contributed by atoms with Crippen LogP contribution in [0.3, 0.4) is 0 Å². The lowest BCUT2D eigenvalue weighted by Crippen LogP contribution is -2.33. The number of aromatic nitrogens is 1. The highest BCUT2D eigenvalue weighted by Gasteiger charge is 2.16. The van der Waals surface area contributed by atoms with Crippen LogP contribution in [-0.2, 0) is 0 Å². The van der Waals surface area contributed by atoms with Gasteiger partial charge in [0.2, 0.25) is 0 Å². The Morgan fingerprint density at radius 1 is 1.50 bits per heavy atom. The molecular formula is C14H20N4. The summed E-state index contributed by atoms with van der Waals surface area (Å²) < 4.78 is 0. The second-order valence-electron chi connectivity index (χ2n) is 5.02. The van der Waals surface area contributed by atoms with E-state index < -0.39 is 0 Å². The average molecular weight is 244 g/mol. The molecule has 2 rings (SSSR count). The van der Waals surface area contributed by atoms with Crippen molar-refractivity contribution in [1.29, 1.82) is 5.26 Å². The molecule has 0 aromatic carbocycles. The van der Waals surface area contributed by atoms with Crippen molar-refractivity contribution in [3.05, 3.63) is 23.4 Å². The normalized spacial score (nSPS) is 17.4. The number of nitrogens with zero attached hydrogens (tertiary/aromatic N) is 3. The van der Waals surface area contributed by atoms with Gasteiger partial charge in [0.15, 0.2) is 0 Å². The smallest absolute Gasteiger partial charge is 0.144 e. The van der Waals surface area contributed by atoms with Crippen molar-refractivity contribution in [2.24, 2.45) is 0 Å². The first kappa shape index (κ1) is 12.8. The molecule has 1 aromatic heterocycles. The van der Waals surface area contributed by atoms with Crippen LogP contribution >= 0.6 is 0 Å². The molecule has 1 N–H and O–H groups in total. The molecule has 4 nitrogen and oxygen atoms in total. The van der Waals surface area contributed by atoms with E-state index in [0.717, 1.165) is 12.1 Å². The quantitative estimate of drug-likeness (QED) is 0.881. The molecule has 1 atom stereocenters. The van der Waals surface area contributed by atoms with E-state index in [1.54, 1.807) is 6.20 Å². The Labute approximate surface area is 109 Å². The minimum atomic E-state index is 0.310. The second-order valence-corrected chi connectivity index (χ2v) is 5.02. The molecule has 96 valence electrons. The first-order chi connectivity index (χ1) is 8.70. The van der Waals surface area contributed by atoms with E-state index in [4.69, 9.17) is 5.26 Å². The van der Waals surface area contributed by atoms with Gasteiger partial charge in [0.05, 0.1) is 5.56 Å². The van der Waals surface area contributed by atoms with Gasteiger partial charge in [-0.25, -0.2) is 4.98 Å². The minimum Gasteiger partial charge on any atom is -0.365 e. The molecule has 1 aliphatic rings. The van der Waals surface area contributed by atoms with Crippen molar-refractivity contribution in [2.75, 3.05) is 25.0 Å². The molecule has 0 aliphatic carbocycles. The summed E-state index contributed by atoms with van der Waals surface area (Å²) in [6, 6.07) is 4.40. The van der Waals surface area contributed by atoms with E-state index >= 15 is 0 Å². The van der Waals surface area contributed by atoms with Crippen LogP contribution in [0.15, 0.2) is 12.3 Å². The summed E-state index contributed by atoms with van der Waals surface area (Å²) in [6.45, 7) is 7.48. The standard InChI is InChI=1S/C14H20N4/c1-11-5-6-16-14(13(11)9-15)17-12(2)10-18-7-3-4-8-18/h5-6,12H,3-4,7-8,10H2,1-2H3,(H,16,17). The van der Waals surface area contributed by atoms with Crippen molar-refractivity contribution in [3.63, 3.8) is 0 Å². The van der Waals surface area contributed by atoms with Gasteiger partial charge in [-0.05, 0) is 51.4 Å². The van der Waals surface area contributed by atoms with Crippen molar-refractivity contribution < 1.29 is 0 Å². The van der Waals surface area contributed by atoms with Gasteiger partial charge in [-0.2, -0.15) is 5.26 Å². The molecule has 0 amide bonds. The zero-order valence-electron chi connectivity index (χ0n) is 11.1. The van der Waals surface area contributed by atoms with Crippen LogP contribution < -0.4 is 5.32 Å². The molecule has 0 bridgehead atoms. The molecular weight excluding hydrogens is 224 g/mol. The zero-order valence-corrected chi connectivity index (χ0v) is 11.1. The van der Waals surface area contributed by atoms with Gasteiger partial charge in [-0.3, -0.25) is 0 Å². The highest BCUT2D eigenvalue weighted by atomic mass is 15.2. The van der Waals surface area contributed by atoms with Crippen molar-refractivity contribution in [3.8, 4) is 6.07 Å². The van der Waals surface area contributed by atoms with Crippen LogP contribution in [0, 0.1) is 18.3 Å². The maximum Gasteiger partial charge on any atom is 0.144 e. The molecule has 1 saturated heterocycles. The fraction of sp³-hybridized carbons (Fsp3) is 0.571. The summed E-state index contributed by atoms with van der Waals surface area (Å²) >= 11 is 0. The maximum atomic E-state index is 9.16. The van der Waals surface area contributed by atoms with Gasteiger partial charge >= 0.3 is 0 Å². The third-order valence-corrected chi connectivity index (χ3v) is 3.38. The predicted octanol–water partition coefficient (Wildman–Crippen LogP) is 2.16. The van der Waals surface area contributed by atoms with Gasteiger partial charge in [-0.15, -0.1) is 0 Å². The topological polar surface area (TPSA) is 52.0 Å². The minimum absolute atomic E-state index is 0.310. The van der Waals surface area contributed by atoms with Crippen molar-refractivity contribution in [1.82, 2.24) is 9.88 Å². The van der Waals surface area contributed by atoms with Crippen LogP contribution in [0.1, 0.15) is 30.9 Å². The fourth-order valence-corrected chi connectivity index (χ4v) is 2.44. The van der Waals surface area contributed by atoms with Gasteiger partial charge in [0, 0.05) is 18.8 Å². The van der Waals surface area contributed by atoms with Crippen LogP contribution in [0.4, 0.5) is 5.82 Å². The number of likely N-dealkylation sites (tertiary alicyclic amines) is 1. The van der Waals surface area contributed by atoms with Crippen LogP contribution in [-0.4, -0.2) is 35.6 Å². The molecule has 1 aromatic rings. The number of hydrogen-bond acceptors (Lipinski definition) is 4. The van der Waals surface area contributed by atoms with E-state index in [0.29, 0.717) is 17.4 Å². The summed E-state index contributed by atoms with van der Waals surface area (Å²) in [5.74, 6) is 0.712. The first-order valence-electron chi connectivity index (χ1n) is 6.55. The number of nitriles is 1. The molecule has 1 fully saturated rings. The lowest BCUT2D eigenvalue weighted by atomic mass is 10.1. The van der Waals surface area contributed by atoms with Gasteiger partial charge in [0.1, 0.15) is 11.9 Å². The lowest BCUT2D eigenvalue weighted by molar-refractivity contribution is 0.327. The molecule has 0 radical (unpaired) electrons. The number of rotatable bonds is 4. The van der Waals surface area contributed by atoms with Gasteiger partial charge in [-0.1, -0.05) is 0 Å². The molecule has 18 heavy (non-hydrogen) atoms. The zero-order chi connectivity index (χ0) is 13.0. The van der Waals surface area contributed by atoms with Crippen LogP contribution in [0.5, 0.6) is 0 Å². The Morgan fingerprint density at radius 2 is 2.22 bits per heavy atom. The molecule has 4 heteroatoms. The lowest BCUT2D eigenvalue weighted by Gasteiger charge is -2.22. The number of pyridine rings is 1. The number of hydrogen-bond donors (Lipinski definition) is 1. The van der Waals surface area contributed by atoms with Crippen molar-refractivity contribution >= 4 is 5.82 Å². The number of aryl methyl sites for hydroxylation is 1. The molecule has 1 aliphatic heterocycles. The van der Waals surface area contributed by atoms with Crippen LogP contribution in [0.25, 0.3) is 0 Å². The summed E-state index contributed by atoms with van der Waals surface area (Å²) in [6.07, 6.45) is 4.36. The molecule has 2 heterocycles. The van der Waals surface area contributed by atoms with Gasteiger partial charge in [0.25, 0.3) is 0 Å². The Morgan fingerprint density at radius 3 is 2.89 bits per heavy atom. The van der Waals surface area contributed by atoms with E-state index in [1.807, 2.05) is 13.0 Å². The summed E-state index contributed by atoms with van der Waals surface area (Å²) in [5, 5.41) is 12.5.